The van der Waals surface area contributed by atoms with Gasteiger partial charge in [-0.05, 0) is 89.5 Å². The molecule has 0 saturated carbocycles. The molecule has 0 rings (SSSR count). The average molecular weight is 1020 g/mol. The van der Waals surface area contributed by atoms with Gasteiger partial charge in [0.25, 0.3) is 0 Å². The molecule has 0 aromatic heterocycles. The van der Waals surface area contributed by atoms with Crippen LogP contribution in [0.3, 0.4) is 0 Å². The highest BCUT2D eigenvalue weighted by atomic mass is 31.2. The number of carbonyl (C=O) groups excluding carboxylic acids is 2. The molecule has 0 spiro atoms. The highest BCUT2D eigenvalue weighted by Crippen LogP contribution is 2.43. The van der Waals surface area contributed by atoms with E-state index in [-0.39, 0.29) is 31.5 Å². The SMILES string of the molecule is CCCC/C=C\CCCCCCCC(=O)OC(/C=C/CCCCCCCCCCCCC)C(COP(=O)(O)OCC[N+](C)(C)C)NC(=O)CCCCCCCCCC/C=C\C/C=C\C/C=C\CCCCC. The van der Waals surface area contributed by atoms with Crippen molar-refractivity contribution in [2.45, 2.75) is 277 Å². The maximum atomic E-state index is 13.5. The number of esters is 1. The summed E-state index contributed by atoms with van der Waals surface area (Å²) < 4.78 is 30.6. The van der Waals surface area contributed by atoms with E-state index in [0.29, 0.717) is 17.4 Å². The fourth-order valence-electron chi connectivity index (χ4n) is 8.28. The maximum absolute atomic E-state index is 13.5. The molecule has 0 aromatic rings. The van der Waals surface area contributed by atoms with Crippen molar-refractivity contribution in [2.75, 3.05) is 40.9 Å². The van der Waals surface area contributed by atoms with Crippen LogP contribution in [0.2, 0.25) is 0 Å². The minimum Gasteiger partial charge on any atom is -0.456 e. The standard InChI is InChI=1S/C61H113N2O7P/c1-7-10-13-16-19-22-25-27-28-29-30-31-32-33-34-36-39-41-44-47-50-53-60(64)62-58(57-69-71(66,67)68-56-55-63(4,5)6)59(52-49-46-43-40-38-35-26-23-20-17-14-11-8-2)70-61(65)54-51-48-45-42-37-24-21-18-15-12-9-3/h18-19,21-22,27-28,30-31,49,52,58-59H,7-17,20,23-26,29,32-48,50-51,53-57H2,1-6H3,(H-,62,64,66,67)/p+1/b21-18-,22-19-,28-27-,31-30-,52-49+. The summed E-state index contributed by atoms with van der Waals surface area (Å²) in [6.45, 7) is 6.94. The molecule has 3 atom stereocenters. The Morgan fingerprint density at radius 1 is 0.493 bits per heavy atom. The molecule has 3 unspecified atom stereocenters. The van der Waals surface area contributed by atoms with E-state index in [9.17, 15) is 19.0 Å². The Bertz CT molecular complexity index is 1400. The van der Waals surface area contributed by atoms with Crippen molar-refractivity contribution >= 4 is 19.7 Å². The van der Waals surface area contributed by atoms with Gasteiger partial charge < -0.3 is 19.4 Å². The van der Waals surface area contributed by atoms with E-state index < -0.39 is 20.0 Å². The molecule has 0 heterocycles. The van der Waals surface area contributed by atoms with Gasteiger partial charge >= 0.3 is 13.8 Å². The molecule has 0 radical (unpaired) electrons. The normalized spacial score (nSPS) is 14.2. The summed E-state index contributed by atoms with van der Waals surface area (Å²) in [4.78, 5) is 37.6. The van der Waals surface area contributed by atoms with Gasteiger partial charge in [-0.1, -0.05) is 223 Å². The summed E-state index contributed by atoms with van der Waals surface area (Å²) in [7, 11) is 1.48. The topological polar surface area (TPSA) is 111 Å². The molecule has 0 fully saturated rings. The second-order valence-corrected chi connectivity index (χ2v) is 22.6. The minimum absolute atomic E-state index is 0.0362. The molecule has 9 nitrogen and oxygen atoms in total. The van der Waals surface area contributed by atoms with Crippen LogP contribution in [0.15, 0.2) is 60.8 Å². The lowest BCUT2D eigenvalue weighted by molar-refractivity contribution is -0.870. The van der Waals surface area contributed by atoms with Gasteiger partial charge in [-0.15, -0.1) is 0 Å². The highest BCUT2D eigenvalue weighted by molar-refractivity contribution is 7.47. The number of hydrogen-bond donors (Lipinski definition) is 2. The summed E-state index contributed by atoms with van der Waals surface area (Å²) in [6, 6.07) is -0.855. The fraction of sp³-hybridized carbons (Fsp3) is 0.803. The number of carbonyl (C=O) groups is 2. The molecule has 0 aliphatic rings. The number of allylic oxidation sites excluding steroid dienone is 9. The Hall–Kier alpha value is -2.29. The van der Waals surface area contributed by atoms with Gasteiger partial charge in [0.05, 0.1) is 33.8 Å². The second kappa shape index (κ2) is 51.2. The van der Waals surface area contributed by atoms with Gasteiger partial charge in [-0.2, -0.15) is 0 Å². The van der Waals surface area contributed by atoms with Crippen LogP contribution in [0.1, 0.15) is 265 Å². The number of likely N-dealkylation sites (N-methyl/N-ethyl adjacent to an activating group) is 1. The predicted molar refractivity (Wildman–Crippen MR) is 305 cm³/mol. The molecule has 1 amide bonds. The molecular formula is C61H114N2O7P+. The van der Waals surface area contributed by atoms with E-state index in [1.807, 2.05) is 33.3 Å². The van der Waals surface area contributed by atoms with Crippen LogP contribution in [0.4, 0.5) is 0 Å². The monoisotopic (exact) mass is 1020 g/mol. The summed E-state index contributed by atoms with van der Waals surface area (Å²) in [5.74, 6) is -0.523. The predicted octanol–water partition coefficient (Wildman–Crippen LogP) is 17.9. The Morgan fingerprint density at radius 2 is 0.873 bits per heavy atom. The first-order valence-electron chi connectivity index (χ1n) is 29.6. The third-order valence-electron chi connectivity index (χ3n) is 12.9. The van der Waals surface area contributed by atoms with E-state index in [0.717, 1.165) is 109 Å². The van der Waals surface area contributed by atoms with Crippen molar-refractivity contribution in [1.29, 1.82) is 0 Å². The lowest BCUT2D eigenvalue weighted by Gasteiger charge is -2.27. The van der Waals surface area contributed by atoms with E-state index in [2.05, 4.69) is 74.7 Å². The zero-order valence-electron chi connectivity index (χ0n) is 47.2. The third-order valence-corrected chi connectivity index (χ3v) is 13.9. The van der Waals surface area contributed by atoms with Crippen molar-refractivity contribution in [1.82, 2.24) is 5.32 Å². The number of unbranched alkanes of at least 4 members (excludes halogenated alkanes) is 29. The van der Waals surface area contributed by atoms with Crippen LogP contribution >= 0.6 is 7.82 Å². The molecule has 10 heteroatoms. The first-order chi connectivity index (χ1) is 34.4. The number of phosphoric ester groups is 1. The van der Waals surface area contributed by atoms with Gasteiger partial charge in [-0.25, -0.2) is 4.57 Å². The number of rotatable bonds is 53. The Balaban J connectivity index is 5.27. The van der Waals surface area contributed by atoms with Crippen molar-refractivity contribution in [2.24, 2.45) is 0 Å². The molecule has 2 N–H and O–H groups in total. The van der Waals surface area contributed by atoms with Crippen LogP contribution < -0.4 is 5.32 Å². The van der Waals surface area contributed by atoms with Gasteiger partial charge in [0.15, 0.2) is 0 Å². The Labute approximate surface area is 439 Å². The van der Waals surface area contributed by atoms with Crippen molar-refractivity contribution in [3.63, 3.8) is 0 Å². The fourth-order valence-corrected chi connectivity index (χ4v) is 9.02. The van der Waals surface area contributed by atoms with E-state index >= 15 is 0 Å². The maximum Gasteiger partial charge on any atom is 0.472 e. The molecule has 0 bridgehead atoms. The summed E-state index contributed by atoms with van der Waals surface area (Å²) >= 11 is 0. The summed E-state index contributed by atoms with van der Waals surface area (Å²) in [5, 5.41) is 3.05. The van der Waals surface area contributed by atoms with Gasteiger partial charge in [0, 0.05) is 12.8 Å². The smallest absolute Gasteiger partial charge is 0.456 e. The van der Waals surface area contributed by atoms with E-state index in [1.54, 1.807) is 0 Å². The Kier molecular flexibility index (Phi) is 49.6. The average Bonchev–Trinajstić information content (AvgIpc) is 3.33. The molecule has 414 valence electrons. The number of phosphoric acid groups is 1. The van der Waals surface area contributed by atoms with Crippen LogP contribution in [0.5, 0.6) is 0 Å². The third kappa shape index (κ3) is 52.4. The van der Waals surface area contributed by atoms with E-state index in [1.165, 1.54) is 122 Å². The molecule has 0 aliphatic heterocycles. The summed E-state index contributed by atoms with van der Waals surface area (Å²) in [5.41, 5.74) is 0. The number of ether oxygens (including phenoxy) is 1. The van der Waals surface area contributed by atoms with Crippen LogP contribution in [0.25, 0.3) is 0 Å². The number of nitrogens with one attached hydrogen (secondary N) is 1. The number of nitrogens with zero attached hydrogens (tertiary/aromatic N) is 1. The largest absolute Gasteiger partial charge is 0.472 e. The van der Waals surface area contributed by atoms with Gasteiger partial charge in [0.1, 0.15) is 19.3 Å². The van der Waals surface area contributed by atoms with Crippen LogP contribution in [0, 0.1) is 0 Å². The first-order valence-corrected chi connectivity index (χ1v) is 31.1. The number of hydrogen-bond acceptors (Lipinski definition) is 6. The van der Waals surface area contributed by atoms with Crippen LogP contribution in [-0.2, 0) is 27.9 Å². The zero-order chi connectivity index (χ0) is 52.2. The second-order valence-electron chi connectivity index (χ2n) is 21.2. The van der Waals surface area contributed by atoms with Gasteiger partial charge in [0.2, 0.25) is 5.91 Å². The quantitative estimate of drug-likeness (QED) is 0.0205. The number of amides is 1. The van der Waals surface area contributed by atoms with Crippen molar-refractivity contribution < 1.29 is 37.3 Å². The molecule has 0 aromatic carbocycles. The lowest BCUT2D eigenvalue weighted by atomic mass is 10.0. The van der Waals surface area contributed by atoms with Crippen LogP contribution in [-0.4, -0.2) is 74.3 Å². The zero-order valence-corrected chi connectivity index (χ0v) is 48.1. The van der Waals surface area contributed by atoms with Crippen molar-refractivity contribution in [3.05, 3.63) is 60.8 Å². The number of quaternary nitrogens is 1. The highest BCUT2D eigenvalue weighted by Gasteiger charge is 2.30. The Morgan fingerprint density at radius 3 is 1.37 bits per heavy atom. The minimum atomic E-state index is -4.45. The molecule has 0 saturated heterocycles. The van der Waals surface area contributed by atoms with Crippen molar-refractivity contribution in [3.8, 4) is 0 Å². The molecular weight excluding hydrogens is 904 g/mol. The lowest BCUT2D eigenvalue weighted by Crippen LogP contribution is -2.47. The first kappa shape index (κ1) is 68.7. The summed E-state index contributed by atoms with van der Waals surface area (Å²) in [6.07, 6.45) is 63.5. The molecule has 71 heavy (non-hydrogen) atoms. The van der Waals surface area contributed by atoms with E-state index in [4.69, 9.17) is 13.8 Å². The molecule has 0 aliphatic carbocycles. The van der Waals surface area contributed by atoms with Gasteiger partial charge in [-0.3, -0.25) is 18.6 Å².